The Labute approximate surface area is 217 Å². The molecule has 1 unspecified atom stereocenters. The Kier molecular flexibility index (Phi) is 7.29. The minimum Gasteiger partial charge on any atom is -0.491 e. The van der Waals surface area contributed by atoms with E-state index in [9.17, 15) is 28.0 Å². The summed E-state index contributed by atoms with van der Waals surface area (Å²) in [5, 5.41) is 4.16. The SMILES string of the molecule is CCOC(=O)N1CCC2(C1)N(CC)C(=O)c1c(OC)c(=O)c(C(=O)NCc3ccc(F)cc3F)cn1N2C. The van der Waals surface area contributed by atoms with Crippen LogP contribution in [0.1, 0.15) is 46.7 Å². The van der Waals surface area contributed by atoms with Crippen molar-refractivity contribution in [3.63, 3.8) is 0 Å². The molecule has 1 saturated heterocycles. The van der Waals surface area contributed by atoms with Gasteiger partial charge in [0.2, 0.25) is 5.43 Å². The second-order valence-corrected chi connectivity index (χ2v) is 8.94. The van der Waals surface area contributed by atoms with Crippen LogP contribution in [0.3, 0.4) is 0 Å². The van der Waals surface area contributed by atoms with Gasteiger partial charge < -0.3 is 24.6 Å². The summed E-state index contributed by atoms with van der Waals surface area (Å²) >= 11 is 0. The molecule has 0 aliphatic carbocycles. The van der Waals surface area contributed by atoms with Crippen LogP contribution in [-0.2, 0) is 11.3 Å². The molecular formula is C25H29F2N5O6. The predicted octanol–water partition coefficient (Wildman–Crippen LogP) is 1.67. The number of amides is 3. The smallest absolute Gasteiger partial charge is 0.409 e. The highest BCUT2D eigenvalue weighted by Gasteiger charge is 2.54. The van der Waals surface area contributed by atoms with E-state index in [4.69, 9.17) is 9.47 Å². The topological polar surface area (TPSA) is 113 Å². The number of nitrogens with zero attached hydrogens (tertiary/aromatic N) is 4. The van der Waals surface area contributed by atoms with Crippen LogP contribution in [0.4, 0.5) is 13.6 Å². The van der Waals surface area contributed by atoms with Crippen LogP contribution in [0.15, 0.2) is 29.2 Å². The average Bonchev–Trinajstić information content (AvgIpc) is 3.33. The maximum atomic E-state index is 14.0. The molecule has 1 fully saturated rings. The number of hydrogen-bond donors (Lipinski definition) is 1. The third-order valence-electron chi connectivity index (χ3n) is 6.99. The summed E-state index contributed by atoms with van der Waals surface area (Å²) in [6, 6.07) is 2.94. The van der Waals surface area contributed by atoms with E-state index in [1.807, 2.05) is 0 Å². The molecule has 3 amide bonds. The van der Waals surface area contributed by atoms with Gasteiger partial charge >= 0.3 is 6.09 Å². The van der Waals surface area contributed by atoms with Crippen LogP contribution in [0.5, 0.6) is 5.75 Å². The molecule has 204 valence electrons. The zero-order valence-corrected chi connectivity index (χ0v) is 21.5. The first-order chi connectivity index (χ1) is 18.1. The number of carbonyl (C=O) groups excluding carboxylic acids is 3. The summed E-state index contributed by atoms with van der Waals surface area (Å²) in [7, 11) is 2.91. The Morgan fingerprint density at radius 2 is 1.92 bits per heavy atom. The maximum absolute atomic E-state index is 14.0. The summed E-state index contributed by atoms with van der Waals surface area (Å²) in [4.78, 5) is 55.5. The van der Waals surface area contributed by atoms with E-state index < -0.39 is 40.6 Å². The summed E-state index contributed by atoms with van der Waals surface area (Å²) < 4.78 is 39.1. The second kappa shape index (κ2) is 10.3. The van der Waals surface area contributed by atoms with E-state index in [1.54, 1.807) is 30.8 Å². The molecule has 13 heteroatoms. The van der Waals surface area contributed by atoms with Crippen LogP contribution in [0.25, 0.3) is 0 Å². The Morgan fingerprint density at radius 1 is 1.18 bits per heavy atom. The van der Waals surface area contributed by atoms with Gasteiger partial charge in [-0.1, -0.05) is 6.07 Å². The van der Waals surface area contributed by atoms with Crippen molar-refractivity contribution in [2.24, 2.45) is 0 Å². The van der Waals surface area contributed by atoms with Crippen molar-refractivity contribution < 1.29 is 32.6 Å². The molecule has 1 atom stereocenters. The molecule has 0 bridgehead atoms. The fourth-order valence-electron chi connectivity index (χ4n) is 5.06. The highest BCUT2D eigenvalue weighted by molar-refractivity contribution is 6.00. The fraction of sp³-hybridized carbons (Fsp3) is 0.440. The summed E-state index contributed by atoms with van der Waals surface area (Å²) in [6.07, 6.45) is 1.12. The van der Waals surface area contributed by atoms with E-state index in [-0.39, 0.29) is 48.8 Å². The van der Waals surface area contributed by atoms with Crippen LogP contribution in [-0.4, -0.2) is 78.4 Å². The standard InChI is InChI=1S/C25H29F2N5O6/c1-5-31-23(35)19-21(37-4)20(33)17(22(34)28-12-15-7-8-16(26)11-18(15)27)13-32(19)29(3)25(31)9-10-30(14-25)24(36)38-6-2/h7-8,11,13H,5-6,9-10,12,14H2,1-4H3,(H,28,34). The molecule has 38 heavy (non-hydrogen) atoms. The number of ether oxygens (including phenoxy) is 2. The molecule has 1 spiro atoms. The molecule has 0 radical (unpaired) electrons. The Bertz CT molecular complexity index is 1350. The molecule has 0 saturated carbocycles. The largest absolute Gasteiger partial charge is 0.491 e. The number of hydrogen-bond acceptors (Lipinski definition) is 7. The molecule has 1 aromatic carbocycles. The molecule has 2 aliphatic heterocycles. The number of nitrogens with one attached hydrogen (secondary N) is 1. The van der Waals surface area contributed by atoms with Gasteiger partial charge in [-0.25, -0.2) is 13.6 Å². The van der Waals surface area contributed by atoms with Gasteiger partial charge in [0, 0.05) is 50.9 Å². The molecule has 11 nitrogen and oxygen atoms in total. The third kappa shape index (κ3) is 4.31. The Morgan fingerprint density at radius 3 is 2.55 bits per heavy atom. The fourth-order valence-corrected chi connectivity index (χ4v) is 5.06. The number of benzene rings is 1. The Balaban J connectivity index is 1.73. The monoisotopic (exact) mass is 533 g/mol. The van der Waals surface area contributed by atoms with E-state index in [0.717, 1.165) is 6.07 Å². The highest BCUT2D eigenvalue weighted by Crippen LogP contribution is 2.37. The van der Waals surface area contributed by atoms with E-state index in [1.165, 1.54) is 28.9 Å². The molecule has 2 aromatic rings. The molecule has 4 rings (SSSR count). The van der Waals surface area contributed by atoms with Crippen molar-refractivity contribution >= 4 is 17.9 Å². The van der Waals surface area contributed by atoms with Gasteiger partial charge in [0.25, 0.3) is 11.8 Å². The van der Waals surface area contributed by atoms with Gasteiger partial charge in [0.15, 0.2) is 11.4 Å². The zero-order valence-electron chi connectivity index (χ0n) is 21.5. The van der Waals surface area contributed by atoms with Crippen molar-refractivity contribution in [3.05, 3.63) is 63.1 Å². The minimum absolute atomic E-state index is 0.0274. The molecule has 2 aliphatic rings. The van der Waals surface area contributed by atoms with Gasteiger partial charge in [-0.3, -0.25) is 24.1 Å². The number of methoxy groups -OCH3 is 1. The van der Waals surface area contributed by atoms with Crippen LogP contribution in [0, 0.1) is 11.6 Å². The first kappa shape index (κ1) is 26.9. The average molecular weight is 534 g/mol. The summed E-state index contributed by atoms with van der Waals surface area (Å²) in [5.74, 6) is -3.25. The van der Waals surface area contributed by atoms with Gasteiger partial charge in [0.1, 0.15) is 22.9 Å². The lowest BCUT2D eigenvalue weighted by Crippen LogP contribution is -2.70. The van der Waals surface area contributed by atoms with E-state index >= 15 is 0 Å². The van der Waals surface area contributed by atoms with Crippen molar-refractivity contribution in [3.8, 4) is 5.75 Å². The van der Waals surface area contributed by atoms with Crippen molar-refractivity contribution in [1.82, 2.24) is 19.8 Å². The molecule has 1 N–H and O–H groups in total. The van der Waals surface area contributed by atoms with Gasteiger partial charge in [-0.15, -0.1) is 0 Å². The second-order valence-electron chi connectivity index (χ2n) is 8.94. The van der Waals surface area contributed by atoms with Crippen molar-refractivity contribution in [2.45, 2.75) is 32.5 Å². The Hall–Kier alpha value is -4.16. The van der Waals surface area contributed by atoms with Crippen LogP contribution < -0.4 is 20.5 Å². The lowest BCUT2D eigenvalue weighted by molar-refractivity contribution is 0.0316. The number of aromatic nitrogens is 1. The predicted molar refractivity (Wildman–Crippen MR) is 132 cm³/mol. The lowest BCUT2D eigenvalue weighted by atomic mass is 10.0. The highest BCUT2D eigenvalue weighted by atomic mass is 19.1. The van der Waals surface area contributed by atoms with Crippen molar-refractivity contribution in [2.75, 3.05) is 45.4 Å². The van der Waals surface area contributed by atoms with Crippen molar-refractivity contribution in [1.29, 1.82) is 0 Å². The number of carbonyl (C=O) groups is 3. The number of fused-ring (bicyclic) bond motifs is 1. The molecule has 3 heterocycles. The maximum Gasteiger partial charge on any atom is 0.409 e. The zero-order chi connectivity index (χ0) is 27.8. The van der Waals surface area contributed by atoms with E-state index in [0.29, 0.717) is 19.0 Å². The molecule has 1 aromatic heterocycles. The van der Waals surface area contributed by atoms with Gasteiger partial charge in [-0.05, 0) is 19.9 Å². The number of likely N-dealkylation sites (tertiary alicyclic amines) is 1. The van der Waals surface area contributed by atoms with E-state index in [2.05, 4.69) is 5.32 Å². The third-order valence-corrected chi connectivity index (χ3v) is 6.99. The number of halogens is 2. The molecular weight excluding hydrogens is 504 g/mol. The van der Waals surface area contributed by atoms with Gasteiger partial charge in [-0.2, -0.15) is 0 Å². The van der Waals surface area contributed by atoms with Gasteiger partial charge in [0.05, 0.1) is 20.3 Å². The first-order valence-corrected chi connectivity index (χ1v) is 12.1. The number of likely N-dealkylation sites (N-methyl/N-ethyl adjacent to an activating group) is 2. The summed E-state index contributed by atoms with van der Waals surface area (Å²) in [5.41, 5.74) is -2.17. The number of pyridine rings is 1. The first-order valence-electron chi connectivity index (χ1n) is 12.1. The summed E-state index contributed by atoms with van der Waals surface area (Å²) in [6.45, 7) is 4.15. The normalized spacial score (nSPS) is 18.6. The quantitative estimate of drug-likeness (QED) is 0.601. The van der Waals surface area contributed by atoms with Crippen LogP contribution in [0.2, 0.25) is 0 Å². The number of rotatable bonds is 6. The van der Waals surface area contributed by atoms with Crippen LogP contribution >= 0.6 is 0 Å². The minimum atomic E-state index is -0.976. The lowest BCUT2D eigenvalue weighted by Gasteiger charge is -2.52.